The van der Waals surface area contributed by atoms with Gasteiger partial charge in [-0.3, -0.25) is 0 Å². The summed E-state index contributed by atoms with van der Waals surface area (Å²) in [7, 11) is 0. The van der Waals surface area contributed by atoms with Crippen molar-refractivity contribution in [1.82, 2.24) is 4.90 Å². The van der Waals surface area contributed by atoms with Crippen molar-refractivity contribution in [2.75, 3.05) is 6.54 Å². The Morgan fingerprint density at radius 2 is 2.06 bits per heavy atom. The molecular formula is C12H24N2O2. The first-order valence-electron chi connectivity index (χ1n) is 6.06. The van der Waals surface area contributed by atoms with E-state index in [9.17, 15) is 4.79 Å². The third kappa shape index (κ3) is 3.67. The zero-order valence-corrected chi connectivity index (χ0v) is 10.8. The number of rotatable bonds is 1. The fourth-order valence-corrected chi connectivity index (χ4v) is 2.05. The van der Waals surface area contributed by atoms with Crippen molar-refractivity contribution in [2.45, 2.75) is 64.6 Å². The predicted molar refractivity (Wildman–Crippen MR) is 64.2 cm³/mol. The summed E-state index contributed by atoms with van der Waals surface area (Å²) < 4.78 is 5.39. The third-order valence-corrected chi connectivity index (χ3v) is 2.78. The predicted octanol–water partition coefficient (Wildman–Crippen LogP) is 2.12. The van der Waals surface area contributed by atoms with Gasteiger partial charge >= 0.3 is 6.09 Å². The largest absolute Gasteiger partial charge is 0.444 e. The van der Waals surface area contributed by atoms with Crippen molar-refractivity contribution in [1.29, 1.82) is 0 Å². The number of hydrogen-bond acceptors (Lipinski definition) is 3. The molecule has 1 unspecified atom stereocenters. The summed E-state index contributed by atoms with van der Waals surface area (Å²) in [5, 5.41) is 0. The average Bonchev–Trinajstić information content (AvgIpc) is 2.15. The van der Waals surface area contributed by atoms with Gasteiger partial charge in [0.15, 0.2) is 0 Å². The van der Waals surface area contributed by atoms with Crippen LogP contribution in [0.25, 0.3) is 0 Å². The van der Waals surface area contributed by atoms with Gasteiger partial charge in [0.1, 0.15) is 5.60 Å². The molecule has 0 aromatic rings. The van der Waals surface area contributed by atoms with E-state index in [1.165, 1.54) is 0 Å². The summed E-state index contributed by atoms with van der Waals surface area (Å²) in [6.45, 7) is 8.37. The lowest BCUT2D eigenvalue weighted by Gasteiger charge is -2.38. The molecule has 1 fully saturated rings. The summed E-state index contributed by atoms with van der Waals surface area (Å²) in [4.78, 5) is 13.8. The minimum Gasteiger partial charge on any atom is -0.444 e. The van der Waals surface area contributed by atoms with E-state index in [0.29, 0.717) is 0 Å². The number of piperidine rings is 1. The Balaban J connectivity index is 2.64. The lowest BCUT2D eigenvalue weighted by atomic mass is 9.97. The molecule has 2 atom stereocenters. The van der Waals surface area contributed by atoms with E-state index in [1.54, 1.807) is 4.90 Å². The molecule has 0 saturated carbocycles. The minimum absolute atomic E-state index is 0.00724. The molecule has 1 amide bonds. The highest BCUT2D eigenvalue weighted by Gasteiger charge is 2.32. The number of likely N-dealkylation sites (tertiary alicyclic amines) is 1. The highest BCUT2D eigenvalue weighted by Crippen LogP contribution is 2.21. The van der Waals surface area contributed by atoms with Crippen LogP contribution in [0.15, 0.2) is 0 Å². The van der Waals surface area contributed by atoms with Crippen molar-refractivity contribution in [3.8, 4) is 0 Å². The van der Waals surface area contributed by atoms with Gasteiger partial charge in [-0.2, -0.15) is 0 Å². The van der Waals surface area contributed by atoms with Crippen LogP contribution >= 0.6 is 0 Å². The smallest absolute Gasteiger partial charge is 0.410 e. The third-order valence-electron chi connectivity index (χ3n) is 2.78. The molecule has 94 valence electrons. The molecule has 0 bridgehead atoms. The average molecular weight is 228 g/mol. The van der Waals surface area contributed by atoms with Gasteiger partial charge < -0.3 is 15.4 Å². The first-order chi connectivity index (χ1) is 7.31. The number of carbonyl (C=O) groups is 1. The van der Waals surface area contributed by atoms with Gasteiger partial charge in [0, 0.05) is 18.6 Å². The lowest BCUT2D eigenvalue weighted by Crippen LogP contribution is -2.52. The van der Waals surface area contributed by atoms with Crippen LogP contribution in [0, 0.1) is 0 Å². The van der Waals surface area contributed by atoms with Gasteiger partial charge in [0.25, 0.3) is 0 Å². The Labute approximate surface area is 98.1 Å². The molecule has 16 heavy (non-hydrogen) atoms. The molecule has 0 aromatic carbocycles. The van der Waals surface area contributed by atoms with Gasteiger partial charge in [0.2, 0.25) is 0 Å². The van der Waals surface area contributed by atoms with Crippen LogP contribution in [0.2, 0.25) is 0 Å². The molecular weight excluding hydrogens is 204 g/mol. The van der Waals surface area contributed by atoms with Gasteiger partial charge in [-0.1, -0.05) is 0 Å². The fraction of sp³-hybridized carbons (Fsp3) is 0.917. The Bertz CT molecular complexity index is 246. The quantitative estimate of drug-likeness (QED) is 0.748. The standard InChI is InChI=1S/C12H24N2O2/c1-9(13)10-7-5-6-8-14(10)11(15)16-12(2,3)4/h9-10H,5-8,13H2,1-4H3/t9?,10-/m0/s1. The number of amides is 1. The minimum atomic E-state index is -0.434. The molecule has 1 heterocycles. The maximum absolute atomic E-state index is 12.0. The van der Waals surface area contributed by atoms with Gasteiger partial charge in [-0.25, -0.2) is 4.79 Å². The van der Waals surface area contributed by atoms with Crippen molar-refractivity contribution >= 4 is 6.09 Å². The van der Waals surface area contributed by atoms with Crippen LogP contribution < -0.4 is 5.73 Å². The van der Waals surface area contributed by atoms with E-state index in [4.69, 9.17) is 10.5 Å². The van der Waals surface area contributed by atoms with Crippen LogP contribution in [0.3, 0.4) is 0 Å². The van der Waals surface area contributed by atoms with Crippen molar-refractivity contribution in [2.24, 2.45) is 5.73 Å². The molecule has 1 rings (SSSR count). The zero-order valence-electron chi connectivity index (χ0n) is 10.8. The molecule has 1 aliphatic heterocycles. The molecule has 0 aliphatic carbocycles. The Hall–Kier alpha value is -0.770. The van der Waals surface area contributed by atoms with E-state index in [0.717, 1.165) is 25.8 Å². The number of nitrogens with zero attached hydrogens (tertiary/aromatic N) is 1. The summed E-state index contributed by atoms with van der Waals surface area (Å²) in [5.41, 5.74) is 5.48. The molecule has 1 saturated heterocycles. The highest BCUT2D eigenvalue weighted by atomic mass is 16.6. The molecule has 1 aliphatic rings. The maximum atomic E-state index is 12.0. The molecule has 0 radical (unpaired) electrons. The van der Waals surface area contributed by atoms with Gasteiger partial charge in [-0.15, -0.1) is 0 Å². The second kappa shape index (κ2) is 5.04. The Morgan fingerprint density at radius 3 is 2.56 bits per heavy atom. The molecule has 4 heteroatoms. The van der Waals surface area contributed by atoms with Crippen LogP contribution in [0.4, 0.5) is 4.79 Å². The van der Waals surface area contributed by atoms with Crippen molar-refractivity contribution < 1.29 is 9.53 Å². The number of nitrogens with two attached hydrogens (primary N) is 1. The monoisotopic (exact) mass is 228 g/mol. The molecule has 0 spiro atoms. The Kier molecular flexibility index (Phi) is 4.19. The van der Waals surface area contributed by atoms with Crippen molar-refractivity contribution in [3.05, 3.63) is 0 Å². The van der Waals surface area contributed by atoms with Crippen LogP contribution in [0.5, 0.6) is 0 Å². The summed E-state index contributed by atoms with van der Waals surface area (Å²) in [6.07, 6.45) is 2.94. The van der Waals surface area contributed by atoms with E-state index >= 15 is 0 Å². The first-order valence-corrected chi connectivity index (χ1v) is 6.06. The van der Waals surface area contributed by atoms with Crippen molar-refractivity contribution in [3.63, 3.8) is 0 Å². The maximum Gasteiger partial charge on any atom is 0.410 e. The second-order valence-electron chi connectivity index (χ2n) is 5.60. The SMILES string of the molecule is CC(N)[C@@H]1CCCCN1C(=O)OC(C)(C)C. The Morgan fingerprint density at radius 1 is 1.44 bits per heavy atom. The highest BCUT2D eigenvalue weighted by molar-refractivity contribution is 5.68. The lowest BCUT2D eigenvalue weighted by molar-refractivity contribution is 0.00731. The molecule has 4 nitrogen and oxygen atoms in total. The van der Waals surface area contributed by atoms with Gasteiger partial charge in [-0.05, 0) is 47.0 Å². The van der Waals surface area contributed by atoms with Gasteiger partial charge in [0.05, 0.1) is 0 Å². The number of carbonyl (C=O) groups excluding carboxylic acids is 1. The normalized spacial score (nSPS) is 24.1. The summed E-state index contributed by atoms with van der Waals surface area (Å²) in [6, 6.07) is 0.136. The number of hydrogen-bond donors (Lipinski definition) is 1. The van der Waals surface area contributed by atoms with Crippen LogP contribution in [0.1, 0.15) is 47.0 Å². The second-order valence-corrected chi connectivity index (χ2v) is 5.60. The van der Waals surface area contributed by atoms with E-state index in [-0.39, 0.29) is 18.2 Å². The van der Waals surface area contributed by atoms with E-state index in [1.807, 2.05) is 27.7 Å². The molecule has 0 aromatic heterocycles. The van der Waals surface area contributed by atoms with Crippen LogP contribution in [-0.4, -0.2) is 35.2 Å². The summed E-state index contributed by atoms with van der Waals surface area (Å²) >= 11 is 0. The molecule has 2 N–H and O–H groups in total. The zero-order chi connectivity index (χ0) is 12.3. The topological polar surface area (TPSA) is 55.6 Å². The van der Waals surface area contributed by atoms with E-state index < -0.39 is 5.60 Å². The first kappa shape index (κ1) is 13.3. The fourth-order valence-electron chi connectivity index (χ4n) is 2.05. The number of ether oxygens (including phenoxy) is 1. The van der Waals surface area contributed by atoms with Crippen LogP contribution in [-0.2, 0) is 4.74 Å². The summed E-state index contributed by atoms with van der Waals surface area (Å²) in [5.74, 6) is 0. The van der Waals surface area contributed by atoms with E-state index in [2.05, 4.69) is 0 Å².